The van der Waals surface area contributed by atoms with Gasteiger partial charge in [-0.15, -0.1) is 0 Å². The number of aliphatic hydroxyl groups excluding tert-OH is 1. The van der Waals surface area contributed by atoms with E-state index in [9.17, 15) is 0 Å². The average molecular weight is 146 g/mol. The summed E-state index contributed by atoms with van der Waals surface area (Å²) in [7, 11) is 0. The highest BCUT2D eigenvalue weighted by Gasteiger charge is 2.07. The zero-order valence-electron chi connectivity index (χ0n) is 7.29. The summed E-state index contributed by atoms with van der Waals surface area (Å²) in [4.78, 5) is 0. The van der Waals surface area contributed by atoms with Crippen LogP contribution in [0.25, 0.3) is 0 Å². The molecule has 62 valence electrons. The molecule has 0 fully saturated rings. The second-order valence-electron chi connectivity index (χ2n) is 3.27. The molecule has 0 bridgehead atoms. The van der Waals surface area contributed by atoms with Crippen molar-refractivity contribution in [3.05, 3.63) is 0 Å². The topological polar surface area (TPSA) is 29.5 Å². The molecule has 0 aromatic rings. The second kappa shape index (κ2) is 4.69. The van der Waals surface area contributed by atoms with E-state index in [4.69, 9.17) is 9.84 Å². The van der Waals surface area contributed by atoms with Crippen LogP contribution >= 0.6 is 0 Å². The van der Waals surface area contributed by atoms with Gasteiger partial charge in [0, 0.05) is 6.42 Å². The third kappa shape index (κ3) is 6.05. The minimum atomic E-state index is -0.583. The predicted octanol–water partition coefficient (Wildman–Crippen LogP) is 1.78. The summed E-state index contributed by atoms with van der Waals surface area (Å²) in [5.74, 6) is 0.494. The lowest BCUT2D eigenvalue weighted by Crippen LogP contribution is -2.18. The fraction of sp³-hybridized carbons (Fsp3) is 1.00. The lowest BCUT2D eigenvalue weighted by molar-refractivity contribution is -0.133. The van der Waals surface area contributed by atoms with E-state index in [1.165, 1.54) is 0 Å². The van der Waals surface area contributed by atoms with Crippen molar-refractivity contribution in [3.8, 4) is 0 Å². The molecule has 0 saturated carbocycles. The first-order valence-corrected chi connectivity index (χ1v) is 3.86. The molecule has 0 amide bonds. The Morgan fingerprint density at radius 2 is 1.70 bits per heavy atom. The number of aliphatic hydroxyl groups is 1. The Labute approximate surface area is 63.2 Å². The van der Waals surface area contributed by atoms with Crippen molar-refractivity contribution >= 4 is 0 Å². The van der Waals surface area contributed by atoms with Gasteiger partial charge in [-0.25, -0.2) is 0 Å². The lowest BCUT2D eigenvalue weighted by atomic mass is 10.1. The molecule has 0 rings (SSSR count). The lowest BCUT2D eigenvalue weighted by Gasteiger charge is -2.16. The first-order valence-electron chi connectivity index (χ1n) is 3.86. The fourth-order valence-electron chi connectivity index (χ4n) is 0.773. The van der Waals surface area contributed by atoms with Crippen LogP contribution < -0.4 is 0 Å². The monoisotopic (exact) mass is 146 g/mol. The number of ether oxygens (including phenoxy) is 1. The van der Waals surface area contributed by atoms with Gasteiger partial charge in [-0.3, -0.25) is 0 Å². The molecule has 0 aliphatic heterocycles. The molecule has 1 atom stereocenters. The van der Waals surface area contributed by atoms with Crippen LogP contribution in [0.5, 0.6) is 0 Å². The minimum Gasteiger partial charge on any atom is -0.368 e. The van der Waals surface area contributed by atoms with Crippen molar-refractivity contribution < 1.29 is 9.84 Å². The molecule has 0 heterocycles. The van der Waals surface area contributed by atoms with E-state index >= 15 is 0 Å². The van der Waals surface area contributed by atoms with Gasteiger partial charge in [0.2, 0.25) is 0 Å². The Bertz CT molecular complexity index is 69.3. The van der Waals surface area contributed by atoms with Crippen LogP contribution in [0.4, 0.5) is 0 Å². The zero-order valence-corrected chi connectivity index (χ0v) is 7.29. The summed E-state index contributed by atoms with van der Waals surface area (Å²) in [6, 6.07) is 0. The minimum absolute atomic E-state index is 0.119. The Kier molecular flexibility index (Phi) is 4.65. The highest BCUT2D eigenvalue weighted by atomic mass is 16.6. The van der Waals surface area contributed by atoms with Crippen molar-refractivity contribution in [3.63, 3.8) is 0 Å². The normalized spacial score (nSPS) is 14.7. The van der Waals surface area contributed by atoms with Crippen molar-refractivity contribution in [2.45, 2.75) is 46.5 Å². The smallest absolute Gasteiger partial charge is 0.155 e. The van der Waals surface area contributed by atoms with Crippen molar-refractivity contribution in [2.75, 3.05) is 0 Å². The van der Waals surface area contributed by atoms with Gasteiger partial charge >= 0.3 is 0 Å². The molecule has 1 N–H and O–H groups in total. The largest absolute Gasteiger partial charge is 0.368 e. The van der Waals surface area contributed by atoms with Crippen molar-refractivity contribution in [1.82, 2.24) is 0 Å². The quantitative estimate of drug-likeness (QED) is 0.612. The Balaban J connectivity index is 3.34. The fourth-order valence-corrected chi connectivity index (χ4v) is 0.773. The van der Waals surface area contributed by atoms with Gasteiger partial charge in [0.05, 0.1) is 6.10 Å². The maximum atomic E-state index is 9.17. The van der Waals surface area contributed by atoms with E-state index in [1.54, 1.807) is 0 Å². The highest BCUT2D eigenvalue weighted by molar-refractivity contribution is 4.49. The summed E-state index contributed by atoms with van der Waals surface area (Å²) >= 11 is 0. The predicted molar refractivity (Wildman–Crippen MR) is 41.7 cm³/mol. The molecule has 0 aromatic carbocycles. The summed E-state index contributed by atoms with van der Waals surface area (Å²) in [6.07, 6.45) is 0.256. The third-order valence-corrected chi connectivity index (χ3v) is 1.10. The van der Waals surface area contributed by atoms with Crippen molar-refractivity contribution in [1.29, 1.82) is 0 Å². The van der Waals surface area contributed by atoms with E-state index in [2.05, 4.69) is 13.8 Å². The summed E-state index contributed by atoms with van der Waals surface area (Å²) < 4.78 is 5.12. The third-order valence-electron chi connectivity index (χ3n) is 1.10. The van der Waals surface area contributed by atoms with Gasteiger partial charge in [-0.05, 0) is 19.8 Å². The van der Waals surface area contributed by atoms with Crippen LogP contribution in [-0.2, 0) is 4.74 Å². The van der Waals surface area contributed by atoms with Crippen LogP contribution in [0.15, 0.2) is 0 Å². The van der Waals surface area contributed by atoms with Crippen LogP contribution in [0.1, 0.15) is 34.1 Å². The molecule has 0 aliphatic carbocycles. The Morgan fingerprint density at radius 3 is 2.00 bits per heavy atom. The van der Waals surface area contributed by atoms with Crippen LogP contribution in [0.2, 0.25) is 0 Å². The van der Waals surface area contributed by atoms with Crippen LogP contribution in [-0.4, -0.2) is 17.5 Å². The summed E-state index contributed by atoms with van der Waals surface area (Å²) in [5.41, 5.74) is 0. The molecular weight excluding hydrogens is 128 g/mol. The molecule has 0 spiro atoms. The van der Waals surface area contributed by atoms with E-state index in [-0.39, 0.29) is 6.10 Å². The Morgan fingerprint density at radius 1 is 1.20 bits per heavy atom. The SMILES string of the molecule is CC(C)CC(O)OC(C)C. The van der Waals surface area contributed by atoms with Gasteiger partial charge in [0.1, 0.15) is 0 Å². The van der Waals surface area contributed by atoms with Gasteiger partial charge < -0.3 is 9.84 Å². The molecule has 10 heavy (non-hydrogen) atoms. The van der Waals surface area contributed by atoms with E-state index in [0.29, 0.717) is 5.92 Å². The maximum absolute atomic E-state index is 9.17. The van der Waals surface area contributed by atoms with Crippen molar-refractivity contribution in [2.24, 2.45) is 5.92 Å². The number of rotatable bonds is 4. The van der Waals surface area contributed by atoms with Gasteiger partial charge in [0.15, 0.2) is 6.29 Å². The van der Waals surface area contributed by atoms with Crippen LogP contribution in [0.3, 0.4) is 0 Å². The molecule has 0 radical (unpaired) electrons. The van der Waals surface area contributed by atoms with E-state index in [0.717, 1.165) is 6.42 Å². The summed E-state index contributed by atoms with van der Waals surface area (Å²) in [5, 5.41) is 9.17. The van der Waals surface area contributed by atoms with Crippen LogP contribution in [0, 0.1) is 5.92 Å². The molecule has 2 heteroatoms. The molecular formula is C8H18O2. The van der Waals surface area contributed by atoms with E-state index in [1.807, 2.05) is 13.8 Å². The number of hydrogen-bond acceptors (Lipinski definition) is 2. The molecule has 0 aromatic heterocycles. The first kappa shape index (κ1) is 9.92. The second-order valence-corrected chi connectivity index (χ2v) is 3.27. The van der Waals surface area contributed by atoms with E-state index < -0.39 is 6.29 Å². The zero-order chi connectivity index (χ0) is 8.15. The average Bonchev–Trinajstić information content (AvgIpc) is 1.58. The number of hydrogen-bond donors (Lipinski definition) is 1. The first-order chi connectivity index (χ1) is 4.52. The molecule has 0 aliphatic rings. The maximum Gasteiger partial charge on any atom is 0.155 e. The molecule has 2 nitrogen and oxygen atoms in total. The highest BCUT2D eigenvalue weighted by Crippen LogP contribution is 2.07. The van der Waals surface area contributed by atoms with Gasteiger partial charge in [0.25, 0.3) is 0 Å². The molecule has 1 unspecified atom stereocenters. The molecule has 0 saturated heterocycles. The standard InChI is InChI=1S/C8H18O2/c1-6(2)5-8(9)10-7(3)4/h6-9H,5H2,1-4H3. The van der Waals surface area contributed by atoms with Gasteiger partial charge in [-0.1, -0.05) is 13.8 Å². The summed E-state index contributed by atoms with van der Waals surface area (Å²) in [6.45, 7) is 7.97. The van der Waals surface area contributed by atoms with Gasteiger partial charge in [-0.2, -0.15) is 0 Å². The Hall–Kier alpha value is -0.0800.